The van der Waals surface area contributed by atoms with E-state index >= 15 is 0 Å². The van der Waals surface area contributed by atoms with E-state index in [1.807, 2.05) is 13.0 Å². The summed E-state index contributed by atoms with van der Waals surface area (Å²) in [6.07, 6.45) is 1.33. The predicted molar refractivity (Wildman–Crippen MR) is 77.5 cm³/mol. The number of rotatable bonds is 4. The largest absolute Gasteiger partial charge is 0.368 e. The van der Waals surface area contributed by atoms with Gasteiger partial charge in [-0.15, -0.1) is 0 Å². The summed E-state index contributed by atoms with van der Waals surface area (Å²) in [7, 11) is 0. The van der Waals surface area contributed by atoms with Crippen molar-refractivity contribution in [2.75, 3.05) is 0 Å². The molecular formula is C14H16N4O3. The van der Waals surface area contributed by atoms with Crippen molar-refractivity contribution in [3.8, 4) is 0 Å². The molecule has 0 saturated carbocycles. The number of carbonyl (C=O) groups excluding carboxylic acids is 2. The Morgan fingerprint density at radius 1 is 1.43 bits per heavy atom. The first-order valence-electron chi connectivity index (χ1n) is 6.43. The van der Waals surface area contributed by atoms with Gasteiger partial charge < -0.3 is 11.1 Å². The van der Waals surface area contributed by atoms with Crippen molar-refractivity contribution in [2.45, 2.75) is 26.4 Å². The van der Waals surface area contributed by atoms with Crippen LogP contribution in [0, 0.1) is 6.92 Å². The third kappa shape index (κ3) is 3.07. The number of hydrogen-bond acceptors (Lipinski definition) is 4. The Bertz CT molecular complexity index is 766. The molecule has 110 valence electrons. The molecule has 7 heteroatoms. The number of aryl methyl sites for hydroxylation is 1. The summed E-state index contributed by atoms with van der Waals surface area (Å²) in [6.45, 7) is 3.12. The summed E-state index contributed by atoms with van der Waals surface area (Å²) in [4.78, 5) is 39.2. The molecule has 2 rings (SSSR count). The molecule has 2 amide bonds. The highest BCUT2D eigenvalue weighted by Crippen LogP contribution is 2.10. The average molecular weight is 288 g/mol. The number of nitrogens with one attached hydrogen (secondary N) is 1. The second-order valence-corrected chi connectivity index (χ2v) is 4.84. The van der Waals surface area contributed by atoms with Crippen LogP contribution in [0.5, 0.6) is 0 Å². The molecule has 1 atom stereocenters. The number of nitrogens with zero attached hydrogens (tertiary/aromatic N) is 2. The molecule has 21 heavy (non-hydrogen) atoms. The summed E-state index contributed by atoms with van der Waals surface area (Å²) in [5.74, 6) is -1.11. The van der Waals surface area contributed by atoms with Crippen molar-refractivity contribution in [3.05, 3.63) is 40.4 Å². The fourth-order valence-corrected chi connectivity index (χ4v) is 1.96. The van der Waals surface area contributed by atoms with Gasteiger partial charge in [-0.2, -0.15) is 0 Å². The number of carbonyl (C=O) groups is 2. The van der Waals surface area contributed by atoms with Crippen LogP contribution in [0.1, 0.15) is 12.5 Å². The number of nitrogens with two attached hydrogens (primary N) is 1. The molecular weight excluding hydrogens is 272 g/mol. The summed E-state index contributed by atoms with van der Waals surface area (Å²) < 4.78 is 1.20. The molecule has 0 spiro atoms. The number of fused-ring (bicyclic) bond motifs is 1. The molecule has 2 aromatic rings. The highest BCUT2D eigenvalue weighted by atomic mass is 16.2. The van der Waals surface area contributed by atoms with Gasteiger partial charge in [-0.1, -0.05) is 12.1 Å². The first kappa shape index (κ1) is 14.7. The van der Waals surface area contributed by atoms with Crippen molar-refractivity contribution < 1.29 is 9.59 Å². The summed E-state index contributed by atoms with van der Waals surface area (Å²) in [5.41, 5.74) is 6.27. The van der Waals surface area contributed by atoms with Gasteiger partial charge in [0.15, 0.2) is 0 Å². The maximum Gasteiger partial charge on any atom is 0.261 e. The average Bonchev–Trinajstić information content (AvgIpc) is 2.42. The Morgan fingerprint density at radius 3 is 2.81 bits per heavy atom. The molecule has 0 bridgehead atoms. The van der Waals surface area contributed by atoms with E-state index in [-0.39, 0.29) is 12.1 Å². The molecule has 0 radical (unpaired) electrons. The SMILES string of the molecule is Cc1cccc2c(=O)n(CC(=O)NC(C)C(N)=O)cnc12. The molecule has 0 fully saturated rings. The lowest BCUT2D eigenvalue weighted by Gasteiger charge is -2.11. The molecule has 0 aliphatic rings. The Balaban J connectivity index is 2.28. The van der Waals surface area contributed by atoms with Crippen molar-refractivity contribution in [1.29, 1.82) is 0 Å². The van der Waals surface area contributed by atoms with Gasteiger partial charge in [0.2, 0.25) is 11.8 Å². The lowest BCUT2D eigenvalue weighted by Crippen LogP contribution is -2.44. The first-order chi connectivity index (χ1) is 9.90. The van der Waals surface area contributed by atoms with Gasteiger partial charge in [0.1, 0.15) is 12.6 Å². The number of primary amides is 1. The minimum absolute atomic E-state index is 0.215. The number of benzene rings is 1. The van der Waals surface area contributed by atoms with E-state index in [4.69, 9.17) is 5.73 Å². The highest BCUT2D eigenvalue weighted by Gasteiger charge is 2.14. The molecule has 0 saturated heterocycles. The van der Waals surface area contributed by atoms with Gasteiger partial charge in [-0.05, 0) is 25.5 Å². The topological polar surface area (TPSA) is 107 Å². The van der Waals surface area contributed by atoms with E-state index in [2.05, 4.69) is 10.3 Å². The lowest BCUT2D eigenvalue weighted by molar-refractivity contribution is -0.127. The third-order valence-corrected chi connectivity index (χ3v) is 3.17. The predicted octanol–water partition coefficient (Wildman–Crippen LogP) is -0.305. The zero-order chi connectivity index (χ0) is 15.6. The van der Waals surface area contributed by atoms with Gasteiger partial charge in [-0.25, -0.2) is 4.98 Å². The zero-order valence-electron chi connectivity index (χ0n) is 11.8. The molecule has 1 heterocycles. The van der Waals surface area contributed by atoms with Gasteiger partial charge in [-0.3, -0.25) is 19.0 Å². The van der Waals surface area contributed by atoms with Crippen LogP contribution in [0.25, 0.3) is 10.9 Å². The fourth-order valence-electron chi connectivity index (χ4n) is 1.96. The van der Waals surface area contributed by atoms with Crippen molar-refractivity contribution in [2.24, 2.45) is 5.73 Å². The van der Waals surface area contributed by atoms with E-state index in [0.29, 0.717) is 10.9 Å². The van der Waals surface area contributed by atoms with E-state index in [9.17, 15) is 14.4 Å². The molecule has 0 aliphatic heterocycles. The lowest BCUT2D eigenvalue weighted by atomic mass is 10.1. The summed E-state index contributed by atoms with van der Waals surface area (Å²) in [5, 5.41) is 2.87. The quantitative estimate of drug-likeness (QED) is 0.805. The monoisotopic (exact) mass is 288 g/mol. The minimum Gasteiger partial charge on any atom is -0.368 e. The van der Waals surface area contributed by atoms with Crippen LogP contribution in [-0.4, -0.2) is 27.4 Å². The minimum atomic E-state index is -0.788. The van der Waals surface area contributed by atoms with Crippen LogP contribution < -0.4 is 16.6 Å². The van der Waals surface area contributed by atoms with Gasteiger partial charge in [0, 0.05) is 0 Å². The zero-order valence-corrected chi connectivity index (χ0v) is 11.8. The van der Waals surface area contributed by atoms with E-state index in [1.165, 1.54) is 17.8 Å². The molecule has 7 nitrogen and oxygen atoms in total. The summed E-state index contributed by atoms with van der Waals surface area (Å²) >= 11 is 0. The fraction of sp³-hybridized carbons (Fsp3) is 0.286. The first-order valence-corrected chi connectivity index (χ1v) is 6.43. The Hall–Kier alpha value is -2.70. The maximum atomic E-state index is 12.3. The molecule has 3 N–H and O–H groups in total. The normalized spacial score (nSPS) is 12.1. The second-order valence-electron chi connectivity index (χ2n) is 4.84. The van der Waals surface area contributed by atoms with Crippen molar-refractivity contribution in [1.82, 2.24) is 14.9 Å². The molecule has 0 aliphatic carbocycles. The Labute approximate surface area is 120 Å². The smallest absolute Gasteiger partial charge is 0.261 e. The van der Waals surface area contributed by atoms with Crippen molar-refractivity contribution >= 4 is 22.7 Å². The maximum absolute atomic E-state index is 12.3. The van der Waals surface area contributed by atoms with Crippen LogP contribution >= 0.6 is 0 Å². The van der Waals surface area contributed by atoms with Crippen molar-refractivity contribution in [3.63, 3.8) is 0 Å². The van der Waals surface area contributed by atoms with Crippen LogP contribution in [-0.2, 0) is 16.1 Å². The second kappa shape index (κ2) is 5.74. The highest BCUT2D eigenvalue weighted by molar-refractivity contribution is 5.86. The van der Waals surface area contributed by atoms with Crippen LogP contribution in [0.3, 0.4) is 0 Å². The van der Waals surface area contributed by atoms with Crippen LogP contribution in [0.4, 0.5) is 0 Å². The van der Waals surface area contributed by atoms with Gasteiger partial charge in [0.25, 0.3) is 5.56 Å². The summed E-state index contributed by atoms with van der Waals surface area (Å²) in [6, 6.07) is 4.50. The third-order valence-electron chi connectivity index (χ3n) is 3.17. The van der Waals surface area contributed by atoms with Gasteiger partial charge in [0.05, 0.1) is 17.2 Å². The Kier molecular flexibility index (Phi) is 4.02. The van der Waals surface area contributed by atoms with E-state index < -0.39 is 17.9 Å². The molecule has 1 aromatic carbocycles. The number of aromatic nitrogens is 2. The number of hydrogen-bond donors (Lipinski definition) is 2. The number of para-hydroxylation sites is 1. The standard InChI is InChI=1S/C14H16N4O3/c1-8-4-3-5-10-12(8)16-7-18(14(10)21)6-11(19)17-9(2)13(15)20/h3-5,7,9H,6H2,1-2H3,(H2,15,20)(H,17,19). The van der Waals surface area contributed by atoms with Crippen LogP contribution in [0.2, 0.25) is 0 Å². The van der Waals surface area contributed by atoms with Gasteiger partial charge >= 0.3 is 0 Å². The van der Waals surface area contributed by atoms with E-state index in [1.54, 1.807) is 12.1 Å². The Morgan fingerprint density at radius 2 is 2.14 bits per heavy atom. The van der Waals surface area contributed by atoms with E-state index in [0.717, 1.165) is 5.56 Å². The molecule has 1 aromatic heterocycles. The number of amides is 2. The van der Waals surface area contributed by atoms with Crippen LogP contribution in [0.15, 0.2) is 29.3 Å². The molecule has 1 unspecified atom stereocenters.